The summed E-state index contributed by atoms with van der Waals surface area (Å²) in [5, 5.41) is 0. The van der Waals surface area contributed by atoms with Crippen molar-refractivity contribution in [3.63, 3.8) is 0 Å². The van der Waals surface area contributed by atoms with Crippen molar-refractivity contribution in [3.05, 3.63) is 28.2 Å². The summed E-state index contributed by atoms with van der Waals surface area (Å²) in [7, 11) is 0. The van der Waals surface area contributed by atoms with Crippen molar-refractivity contribution in [2.75, 3.05) is 19.1 Å². The van der Waals surface area contributed by atoms with Gasteiger partial charge in [0.2, 0.25) is 0 Å². The Morgan fingerprint density at radius 3 is 2.90 bits per heavy atom. The zero-order valence-corrected chi connectivity index (χ0v) is 14.4. The number of aromatic nitrogens is 2. The summed E-state index contributed by atoms with van der Waals surface area (Å²) in [6.45, 7) is 4.39. The molecule has 3 nitrogen and oxygen atoms in total. The first-order chi connectivity index (χ1) is 10.2. The van der Waals surface area contributed by atoms with Crippen LogP contribution in [-0.2, 0) is 17.7 Å². The highest BCUT2D eigenvalue weighted by atomic mass is 79.9. The molecule has 1 aromatic heterocycles. The molecule has 0 aliphatic rings. The van der Waals surface area contributed by atoms with Gasteiger partial charge in [0.25, 0.3) is 0 Å². The highest BCUT2D eigenvalue weighted by Crippen LogP contribution is 2.25. The lowest BCUT2D eigenvalue weighted by Gasteiger charge is -2.09. The standard InChI is InChI=1S/C15H19BrClFN2O/c1-2-7-21-8-3-6-20-14-9-11(16)12(18)10-13(14)19-15(20)4-5-17/h9-10H,2-8H2,1H3. The number of nitrogens with zero attached hydrogens (tertiary/aromatic N) is 2. The van der Waals surface area contributed by atoms with Gasteiger partial charge in [-0.05, 0) is 34.8 Å². The number of fused-ring (bicyclic) bond motifs is 1. The second-order valence-corrected chi connectivity index (χ2v) is 6.07. The van der Waals surface area contributed by atoms with E-state index in [0.717, 1.165) is 43.9 Å². The Morgan fingerprint density at radius 1 is 1.38 bits per heavy atom. The summed E-state index contributed by atoms with van der Waals surface area (Å²) < 4.78 is 21.7. The van der Waals surface area contributed by atoms with Gasteiger partial charge in [-0.25, -0.2) is 9.37 Å². The molecule has 0 N–H and O–H groups in total. The molecule has 0 fully saturated rings. The highest BCUT2D eigenvalue weighted by Gasteiger charge is 2.13. The number of alkyl halides is 1. The van der Waals surface area contributed by atoms with Crippen molar-refractivity contribution in [2.24, 2.45) is 0 Å². The van der Waals surface area contributed by atoms with Gasteiger partial charge in [-0.3, -0.25) is 0 Å². The van der Waals surface area contributed by atoms with E-state index in [1.807, 2.05) is 0 Å². The average Bonchev–Trinajstić information content (AvgIpc) is 2.77. The Labute approximate surface area is 137 Å². The van der Waals surface area contributed by atoms with E-state index in [-0.39, 0.29) is 5.82 Å². The highest BCUT2D eigenvalue weighted by molar-refractivity contribution is 9.10. The molecule has 116 valence electrons. The SMILES string of the molecule is CCCOCCCn1c(CCCl)nc2cc(F)c(Br)cc21. The molecule has 0 saturated carbocycles. The van der Waals surface area contributed by atoms with Crippen molar-refractivity contribution < 1.29 is 9.13 Å². The van der Waals surface area contributed by atoms with E-state index < -0.39 is 0 Å². The van der Waals surface area contributed by atoms with E-state index in [0.29, 0.717) is 22.3 Å². The fourth-order valence-corrected chi connectivity index (χ4v) is 2.77. The molecule has 0 aliphatic carbocycles. The molecule has 1 heterocycles. The van der Waals surface area contributed by atoms with Crippen LogP contribution in [0.15, 0.2) is 16.6 Å². The molecule has 21 heavy (non-hydrogen) atoms. The first kappa shape index (κ1) is 16.7. The van der Waals surface area contributed by atoms with Crippen molar-refractivity contribution >= 4 is 38.6 Å². The third-order valence-electron chi connectivity index (χ3n) is 3.21. The molecule has 0 amide bonds. The van der Waals surface area contributed by atoms with Crippen LogP contribution in [0.3, 0.4) is 0 Å². The monoisotopic (exact) mass is 376 g/mol. The number of rotatable bonds is 8. The molecule has 0 unspecified atom stereocenters. The Hall–Kier alpha value is -0.650. The Balaban J connectivity index is 2.21. The van der Waals surface area contributed by atoms with Crippen molar-refractivity contribution in [1.29, 1.82) is 0 Å². The average molecular weight is 378 g/mol. The van der Waals surface area contributed by atoms with Crippen LogP contribution in [0.1, 0.15) is 25.6 Å². The molecule has 1 aromatic carbocycles. The predicted octanol–water partition coefficient (Wildman–Crippen LogP) is 4.54. The van der Waals surface area contributed by atoms with Crippen molar-refractivity contribution in [1.82, 2.24) is 9.55 Å². The van der Waals surface area contributed by atoms with Crippen LogP contribution in [0, 0.1) is 5.82 Å². The van der Waals surface area contributed by atoms with Crippen LogP contribution in [0.5, 0.6) is 0 Å². The van der Waals surface area contributed by atoms with Gasteiger partial charge in [0.15, 0.2) is 0 Å². The molecule has 0 bridgehead atoms. The molecular formula is C15H19BrClFN2O. The zero-order valence-electron chi connectivity index (χ0n) is 12.0. The lowest BCUT2D eigenvalue weighted by molar-refractivity contribution is 0.129. The quantitative estimate of drug-likeness (QED) is 0.499. The second-order valence-electron chi connectivity index (χ2n) is 4.84. The fourth-order valence-electron chi connectivity index (χ4n) is 2.27. The maximum atomic E-state index is 13.6. The summed E-state index contributed by atoms with van der Waals surface area (Å²) in [4.78, 5) is 4.50. The second kappa shape index (κ2) is 8.11. The van der Waals surface area contributed by atoms with Crippen LogP contribution in [0.2, 0.25) is 0 Å². The number of ether oxygens (including phenoxy) is 1. The van der Waals surface area contributed by atoms with E-state index in [2.05, 4.69) is 32.4 Å². The number of benzene rings is 1. The van der Waals surface area contributed by atoms with Crippen molar-refractivity contribution in [3.8, 4) is 0 Å². The van der Waals surface area contributed by atoms with E-state index in [4.69, 9.17) is 16.3 Å². The van der Waals surface area contributed by atoms with E-state index in [1.165, 1.54) is 6.07 Å². The van der Waals surface area contributed by atoms with Gasteiger partial charge in [0.1, 0.15) is 11.6 Å². The van der Waals surface area contributed by atoms with Gasteiger partial charge in [-0.1, -0.05) is 6.92 Å². The number of imidazole rings is 1. The van der Waals surface area contributed by atoms with Crippen LogP contribution in [0.4, 0.5) is 4.39 Å². The normalized spacial score (nSPS) is 11.4. The minimum atomic E-state index is -0.296. The molecule has 0 atom stereocenters. The predicted molar refractivity (Wildman–Crippen MR) is 87.5 cm³/mol. The summed E-state index contributed by atoms with van der Waals surface area (Å²) in [6, 6.07) is 3.24. The van der Waals surface area contributed by atoms with E-state index in [9.17, 15) is 4.39 Å². The summed E-state index contributed by atoms with van der Waals surface area (Å²) >= 11 is 9.07. The van der Waals surface area contributed by atoms with E-state index in [1.54, 1.807) is 6.07 Å². The largest absolute Gasteiger partial charge is 0.381 e. The number of hydrogen-bond donors (Lipinski definition) is 0. The summed E-state index contributed by atoms with van der Waals surface area (Å²) in [5.41, 5.74) is 1.60. The maximum absolute atomic E-state index is 13.6. The number of halogens is 3. The van der Waals surface area contributed by atoms with Gasteiger partial charge in [0.05, 0.1) is 15.5 Å². The maximum Gasteiger partial charge on any atom is 0.139 e. The lowest BCUT2D eigenvalue weighted by atomic mass is 10.3. The molecule has 6 heteroatoms. The summed E-state index contributed by atoms with van der Waals surface area (Å²) in [6.07, 6.45) is 2.60. The van der Waals surface area contributed by atoms with Gasteiger partial charge in [-0.15, -0.1) is 11.6 Å². The topological polar surface area (TPSA) is 27.1 Å². The Morgan fingerprint density at radius 2 is 2.19 bits per heavy atom. The molecule has 0 saturated heterocycles. The Bertz CT molecular complexity index is 603. The smallest absolute Gasteiger partial charge is 0.139 e. The van der Waals surface area contributed by atoms with Gasteiger partial charge < -0.3 is 9.30 Å². The minimum absolute atomic E-state index is 0.296. The number of hydrogen-bond acceptors (Lipinski definition) is 2. The lowest BCUT2D eigenvalue weighted by Crippen LogP contribution is -2.07. The number of aryl methyl sites for hydroxylation is 2. The minimum Gasteiger partial charge on any atom is -0.381 e. The first-order valence-corrected chi connectivity index (χ1v) is 8.48. The van der Waals surface area contributed by atoms with Crippen molar-refractivity contribution in [2.45, 2.75) is 32.7 Å². The van der Waals surface area contributed by atoms with Crippen LogP contribution < -0.4 is 0 Å². The van der Waals surface area contributed by atoms with Crippen LogP contribution in [0.25, 0.3) is 11.0 Å². The van der Waals surface area contributed by atoms with Gasteiger partial charge in [-0.2, -0.15) is 0 Å². The van der Waals surface area contributed by atoms with Gasteiger partial charge in [0, 0.05) is 38.1 Å². The third-order valence-corrected chi connectivity index (χ3v) is 4.00. The van der Waals surface area contributed by atoms with Gasteiger partial charge >= 0.3 is 0 Å². The molecule has 0 spiro atoms. The molecule has 0 radical (unpaired) electrons. The van der Waals surface area contributed by atoms with Crippen LogP contribution in [-0.4, -0.2) is 28.6 Å². The molecular weight excluding hydrogens is 359 g/mol. The third kappa shape index (κ3) is 4.18. The molecule has 0 aliphatic heterocycles. The fraction of sp³-hybridized carbons (Fsp3) is 0.533. The summed E-state index contributed by atoms with van der Waals surface area (Å²) in [5.74, 6) is 1.10. The van der Waals surface area contributed by atoms with Crippen LogP contribution >= 0.6 is 27.5 Å². The molecule has 2 aromatic rings. The Kier molecular flexibility index (Phi) is 6.45. The van der Waals surface area contributed by atoms with E-state index >= 15 is 0 Å². The first-order valence-electron chi connectivity index (χ1n) is 7.15. The molecule has 2 rings (SSSR count). The zero-order chi connectivity index (χ0) is 15.2.